The van der Waals surface area contributed by atoms with E-state index in [2.05, 4.69) is 0 Å². The largest absolute Gasteiger partial charge is 0.504 e. The summed E-state index contributed by atoms with van der Waals surface area (Å²) in [5.41, 5.74) is 2.34. The Morgan fingerprint density at radius 2 is 1.86 bits per heavy atom. The van der Waals surface area contributed by atoms with Crippen molar-refractivity contribution < 1.29 is 34.3 Å². The van der Waals surface area contributed by atoms with Gasteiger partial charge in [0, 0.05) is 12.7 Å². The van der Waals surface area contributed by atoms with E-state index in [1.54, 1.807) is 31.4 Å². The fraction of sp³-hybridized carbons (Fsp3) is 0.333. The van der Waals surface area contributed by atoms with E-state index in [4.69, 9.17) is 18.9 Å². The molecule has 2 aromatic carbocycles. The molecule has 0 spiro atoms. The molecule has 7 nitrogen and oxygen atoms in total. The van der Waals surface area contributed by atoms with E-state index >= 15 is 0 Å². The molecule has 1 aliphatic heterocycles. The molecule has 0 radical (unpaired) electrons. The Labute approximate surface area is 163 Å². The van der Waals surface area contributed by atoms with Gasteiger partial charge in [0.05, 0.1) is 26.7 Å². The molecule has 0 amide bonds. The fourth-order valence-electron chi connectivity index (χ4n) is 3.31. The van der Waals surface area contributed by atoms with Crippen LogP contribution in [-0.2, 0) is 4.74 Å². The Morgan fingerprint density at radius 1 is 1.11 bits per heavy atom. The molecule has 1 heterocycles. The lowest BCUT2D eigenvalue weighted by molar-refractivity contribution is -0.0350. The molecule has 3 atom stereocenters. The van der Waals surface area contributed by atoms with Gasteiger partial charge in [-0.1, -0.05) is 12.1 Å². The first-order chi connectivity index (χ1) is 13.5. The summed E-state index contributed by atoms with van der Waals surface area (Å²) in [6.07, 6.45) is 1.74. The number of fused-ring (bicyclic) bond motifs is 1. The first kappa shape index (κ1) is 20.0. The standard InChI is InChI=1S/C21H24O7/c1-25-17-10-13(5-6-16(17)23)20-15(11-22)14-8-12(4-7-19(24)27-3)9-18(26-2)21(14)28-20/h4-10,15,19-20,22-24H,11H2,1-3H3/b7-4+/t15-,19?,20+/m0/s1. The number of rotatable bonds is 7. The molecule has 0 aromatic heterocycles. The second kappa shape index (κ2) is 8.52. The summed E-state index contributed by atoms with van der Waals surface area (Å²) in [5, 5.41) is 29.5. The number of phenolic OH excluding ortho intramolecular Hbond substituents is 1. The van der Waals surface area contributed by atoms with Gasteiger partial charge in [-0.15, -0.1) is 0 Å². The van der Waals surface area contributed by atoms with Gasteiger partial charge in [0.2, 0.25) is 0 Å². The minimum absolute atomic E-state index is 0.0315. The van der Waals surface area contributed by atoms with Gasteiger partial charge in [-0.2, -0.15) is 0 Å². The van der Waals surface area contributed by atoms with E-state index in [0.717, 1.165) is 16.7 Å². The second-order valence-electron chi connectivity index (χ2n) is 6.39. The number of aliphatic hydroxyl groups is 2. The summed E-state index contributed by atoms with van der Waals surface area (Å²) in [4.78, 5) is 0. The number of benzene rings is 2. The normalized spacial score (nSPS) is 19.3. The van der Waals surface area contributed by atoms with Crippen LogP contribution in [0, 0.1) is 0 Å². The molecule has 7 heteroatoms. The Morgan fingerprint density at radius 3 is 2.50 bits per heavy atom. The number of aromatic hydroxyl groups is 1. The van der Waals surface area contributed by atoms with E-state index in [1.807, 2.05) is 6.07 Å². The molecule has 0 fully saturated rings. The van der Waals surface area contributed by atoms with E-state index in [9.17, 15) is 15.3 Å². The van der Waals surface area contributed by atoms with Gasteiger partial charge in [0.15, 0.2) is 29.3 Å². The van der Waals surface area contributed by atoms with E-state index in [0.29, 0.717) is 17.2 Å². The first-order valence-corrected chi connectivity index (χ1v) is 8.77. The molecule has 3 N–H and O–H groups in total. The molecular weight excluding hydrogens is 364 g/mol. The Hall–Kier alpha value is -2.74. The van der Waals surface area contributed by atoms with Crippen LogP contribution < -0.4 is 14.2 Å². The molecule has 2 aromatic rings. The highest BCUT2D eigenvalue weighted by molar-refractivity contribution is 5.62. The first-order valence-electron chi connectivity index (χ1n) is 8.77. The fourth-order valence-corrected chi connectivity index (χ4v) is 3.31. The van der Waals surface area contributed by atoms with Crippen LogP contribution in [0.5, 0.6) is 23.0 Å². The van der Waals surface area contributed by atoms with E-state index < -0.39 is 12.4 Å². The third kappa shape index (κ3) is 3.77. The van der Waals surface area contributed by atoms with Crippen molar-refractivity contribution in [2.45, 2.75) is 18.3 Å². The summed E-state index contributed by atoms with van der Waals surface area (Å²) >= 11 is 0. The maximum absolute atomic E-state index is 10.1. The Bertz CT molecular complexity index is 862. The monoisotopic (exact) mass is 388 g/mol. The van der Waals surface area contributed by atoms with Crippen LogP contribution in [0.25, 0.3) is 6.08 Å². The molecule has 3 rings (SSSR count). The zero-order valence-electron chi connectivity index (χ0n) is 16.0. The van der Waals surface area contributed by atoms with Crippen molar-refractivity contribution in [2.24, 2.45) is 0 Å². The summed E-state index contributed by atoms with van der Waals surface area (Å²) in [5.74, 6) is 1.11. The van der Waals surface area contributed by atoms with E-state index in [-0.39, 0.29) is 18.3 Å². The molecule has 0 saturated carbocycles. The van der Waals surface area contributed by atoms with Crippen molar-refractivity contribution in [3.8, 4) is 23.0 Å². The lowest BCUT2D eigenvalue weighted by atomic mass is 9.90. The maximum atomic E-state index is 10.1. The molecule has 0 saturated heterocycles. The van der Waals surface area contributed by atoms with Crippen LogP contribution in [0.2, 0.25) is 0 Å². The maximum Gasteiger partial charge on any atom is 0.174 e. The van der Waals surface area contributed by atoms with Crippen LogP contribution in [0.15, 0.2) is 36.4 Å². The van der Waals surface area contributed by atoms with Gasteiger partial charge in [-0.3, -0.25) is 0 Å². The zero-order chi connectivity index (χ0) is 20.3. The number of phenols is 1. The number of methoxy groups -OCH3 is 3. The number of hydrogen-bond donors (Lipinski definition) is 3. The van der Waals surface area contributed by atoms with Gasteiger partial charge < -0.3 is 34.3 Å². The smallest absolute Gasteiger partial charge is 0.174 e. The SMILES string of the molecule is COc1cc([C@H]2Oc3c(OC)cc(/C=C/C(O)OC)cc3[C@@H]2CO)ccc1O. The average Bonchev–Trinajstić information content (AvgIpc) is 3.10. The predicted molar refractivity (Wildman–Crippen MR) is 103 cm³/mol. The predicted octanol–water partition coefficient (Wildman–Crippen LogP) is 2.60. The Balaban J connectivity index is 2.01. The third-order valence-corrected chi connectivity index (χ3v) is 4.76. The highest BCUT2D eigenvalue weighted by atomic mass is 16.6. The summed E-state index contributed by atoms with van der Waals surface area (Å²) in [6.45, 7) is -0.141. The van der Waals surface area contributed by atoms with Crippen LogP contribution in [0.3, 0.4) is 0 Å². The summed E-state index contributed by atoms with van der Waals surface area (Å²) in [6, 6.07) is 8.63. The van der Waals surface area contributed by atoms with Gasteiger partial charge >= 0.3 is 0 Å². The average molecular weight is 388 g/mol. The van der Waals surface area contributed by atoms with Crippen molar-refractivity contribution in [3.63, 3.8) is 0 Å². The molecule has 0 aliphatic carbocycles. The molecule has 28 heavy (non-hydrogen) atoms. The lowest BCUT2D eigenvalue weighted by Gasteiger charge is -2.18. The summed E-state index contributed by atoms with van der Waals surface area (Å²) in [7, 11) is 4.43. The molecule has 1 unspecified atom stereocenters. The van der Waals surface area contributed by atoms with Crippen molar-refractivity contribution in [2.75, 3.05) is 27.9 Å². The van der Waals surface area contributed by atoms with Gasteiger partial charge in [-0.05, 0) is 41.5 Å². The highest BCUT2D eigenvalue weighted by Crippen LogP contribution is 2.51. The lowest BCUT2D eigenvalue weighted by Crippen LogP contribution is -2.13. The molecular formula is C21H24O7. The van der Waals surface area contributed by atoms with Crippen LogP contribution in [0.1, 0.15) is 28.7 Å². The van der Waals surface area contributed by atoms with Crippen molar-refractivity contribution in [1.29, 1.82) is 0 Å². The van der Waals surface area contributed by atoms with Gasteiger partial charge in [-0.25, -0.2) is 0 Å². The van der Waals surface area contributed by atoms with Crippen molar-refractivity contribution in [3.05, 3.63) is 53.1 Å². The van der Waals surface area contributed by atoms with Crippen LogP contribution >= 0.6 is 0 Å². The topological polar surface area (TPSA) is 97.6 Å². The number of hydrogen-bond acceptors (Lipinski definition) is 7. The number of ether oxygens (including phenoxy) is 4. The molecule has 0 bridgehead atoms. The minimum Gasteiger partial charge on any atom is -0.504 e. The number of aliphatic hydroxyl groups excluding tert-OH is 2. The second-order valence-corrected chi connectivity index (χ2v) is 6.39. The Kier molecular flexibility index (Phi) is 6.08. The van der Waals surface area contributed by atoms with Crippen LogP contribution in [0.4, 0.5) is 0 Å². The zero-order valence-corrected chi connectivity index (χ0v) is 16.0. The minimum atomic E-state index is -1.01. The van der Waals surface area contributed by atoms with Crippen LogP contribution in [-0.4, -0.2) is 49.5 Å². The van der Waals surface area contributed by atoms with Gasteiger partial charge in [0.1, 0.15) is 6.10 Å². The quantitative estimate of drug-likeness (QED) is 0.627. The molecule has 150 valence electrons. The highest BCUT2D eigenvalue weighted by Gasteiger charge is 2.37. The third-order valence-electron chi connectivity index (χ3n) is 4.76. The van der Waals surface area contributed by atoms with E-state index in [1.165, 1.54) is 26.4 Å². The summed E-state index contributed by atoms with van der Waals surface area (Å²) < 4.78 is 21.6. The van der Waals surface area contributed by atoms with Gasteiger partial charge in [0.25, 0.3) is 0 Å². The molecule has 1 aliphatic rings. The van der Waals surface area contributed by atoms with Crippen molar-refractivity contribution in [1.82, 2.24) is 0 Å². The van der Waals surface area contributed by atoms with Crippen molar-refractivity contribution >= 4 is 6.08 Å².